The normalized spacial score (nSPS) is 17.6. The topological polar surface area (TPSA) is 112 Å². The van der Waals surface area contributed by atoms with Crippen LogP contribution in [0.4, 0.5) is 23.7 Å². The number of hydrogen-bond acceptors (Lipinski definition) is 7. The molecule has 0 unspecified atom stereocenters. The summed E-state index contributed by atoms with van der Waals surface area (Å²) in [4.78, 5) is 28.7. The van der Waals surface area contributed by atoms with Gasteiger partial charge >= 0.3 is 12.3 Å². The largest absolute Gasteiger partial charge is 0.416 e. The van der Waals surface area contributed by atoms with Crippen molar-refractivity contribution in [2.45, 2.75) is 37.8 Å². The summed E-state index contributed by atoms with van der Waals surface area (Å²) in [7, 11) is 0. The summed E-state index contributed by atoms with van der Waals surface area (Å²) in [6, 6.07) is 9.94. The Morgan fingerprint density at radius 3 is 2.31 bits per heavy atom. The molecule has 1 aliphatic carbocycles. The van der Waals surface area contributed by atoms with Gasteiger partial charge < -0.3 is 14.2 Å². The maximum absolute atomic E-state index is 12.8. The summed E-state index contributed by atoms with van der Waals surface area (Å²) in [6.45, 7) is 1.06. The number of alkyl halides is 3. The molecule has 2 aliphatic rings. The van der Waals surface area contributed by atoms with Crippen LogP contribution in [0, 0.1) is 15.5 Å². The molecule has 1 aliphatic heterocycles. The van der Waals surface area contributed by atoms with Crippen molar-refractivity contribution in [1.29, 1.82) is 0 Å². The molecule has 1 aromatic heterocycles. The lowest BCUT2D eigenvalue weighted by Crippen LogP contribution is -2.48. The molecule has 9 nitrogen and oxygen atoms in total. The summed E-state index contributed by atoms with van der Waals surface area (Å²) in [5.74, 6) is 1.06. The van der Waals surface area contributed by atoms with Crippen molar-refractivity contribution in [1.82, 2.24) is 15.0 Å². The molecule has 2 aromatic carbocycles. The molecule has 0 bridgehead atoms. The summed E-state index contributed by atoms with van der Waals surface area (Å²) in [5, 5.41) is 14.8. The third-order valence-corrected chi connectivity index (χ3v) is 6.96. The van der Waals surface area contributed by atoms with Crippen LogP contribution in [0.3, 0.4) is 0 Å². The van der Waals surface area contributed by atoms with Gasteiger partial charge in [-0.2, -0.15) is 18.2 Å². The molecular weight excluding hydrogens is 481 g/mol. The van der Waals surface area contributed by atoms with Crippen LogP contribution in [-0.2, 0) is 6.18 Å². The van der Waals surface area contributed by atoms with Gasteiger partial charge in [0, 0.05) is 36.7 Å². The maximum Gasteiger partial charge on any atom is 0.416 e. The lowest BCUT2D eigenvalue weighted by atomic mass is 9.57. The Morgan fingerprint density at radius 2 is 1.72 bits per heavy atom. The Bertz CT molecular complexity index is 1260. The molecule has 0 radical (unpaired) electrons. The van der Waals surface area contributed by atoms with E-state index in [1.54, 1.807) is 4.90 Å². The molecule has 3 aromatic rings. The van der Waals surface area contributed by atoms with Gasteiger partial charge in [0.05, 0.1) is 10.5 Å². The van der Waals surface area contributed by atoms with Gasteiger partial charge in [0.2, 0.25) is 0 Å². The predicted octanol–water partition coefficient (Wildman–Crippen LogP) is 5.82. The first-order valence-corrected chi connectivity index (χ1v) is 11.3. The number of piperidine rings is 1. The van der Waals surface area contributed by atoms with E-state index in [1.165, 1.54) is 36.4 Å². The van der Waals surface area contributed by atoms with E-state index in [2.05, 4.69) is 10.1 Å². The Balaban J connectivity index is 1.13. The third kappa shape index (κ3) is 4.75. The summed E-state index contributed by atoms with van der Waals surface area (Å²) in [6.07, 6.45) is -1.64. The molecule has 2 heterocycles. The summed E-state index contributed by atoms with van der Waals surface area (Å²) >= 11 is 0. The Labute approximate surface area is 203 Å². The lowest BCUT2D eigenvalue weighted by Gasteiger charge is -2.51. The zero-order valence-corrected chi connectivity index (χ0v) is 18.9. The van der Waals surface area contributed by atoms with E-state index in [-0.39, 0.29) is 28.7 Å². The number of amides is 1. The van der Waals surface area contributed by atoms with Gasteiger partial charge in [-0.25, -0.2) is 4.79 Å². The van der Waals surface area contributed by atoms with Crippen LogP contribution in [0.5, 0.6) is 5.75 Å². The van der Waals surface area contributed by atoms with Crippen molar-refractivity contribution in [3.8, 4) is 17.2 Å². The van der Waals surface area contributed by atoms with Crippen molar-refractivity contribution in [2.24, 2.45) is 5.41 Å². The number of non-ortho nitro benzene ring substituents is 1. The van der Waals surface area contributed by atoms with Crippen LogP contribution in [-0.4, -0.2) is 39.1 Å². The minimum Gasteiger partial charge on any atom is -0.410 e. The molecule has 2 fully saturated rings. The Hall–Kier alpha value is -3.96. The number of rotatable bonds is 4. The van der Waals surface area contributed by atoms with Crippen LogP contribution in [0.2, 0.25) is 0 Å². The maximum atomic E-state index is 12.8. The fourth-order valence-corrected chi connectivity index (χ4v) is 4.86. The number of nitro benzene ring substituents is 1. The highest BCUT2D eigenvalue weighted by atomic mass is 19.4. The van der Waals surface area contributed by atoms with E-state index in [9.17, 15) is 28.1 Å². The van der Waals surface area contributed by atoms with Crippen molar-refractivity contribution >= 4 is 11.8 Å². The molecule has 1 amide bonds. The van der Waals surface area contributed by atoms with Gasteiger partial charge in [-0.1, -0.05) is 5.16 Å². The average Bonchev–Trinajstić information content (AvgIpc) is 3.32. The van der Waals surface area contributed by atoms with E-state index < -0.39 is 22.8 Å². The van der Waals surface area contributed by atoms with Crippen LogP contribution in [0.1, 0.15) is 43.0 Å². The number of carbonyl (C=O) groups excluding carboxylic acids is 1. The molecule has 0 atom stereocenters. The van der Waals surface area contributed by atoms with Crippen LogP contribution >= 0.6 is 0 Å². The van der Waals surface area contributed by atoms with E-state index >= 15 is 0 Å². The van der Waals surface area contributed by atoms with Gasteiger partial charge in [-0.3, -0.25) is 10.1 Å². The SMILES string of the molecule is O=C(Oc1ccc([N+](=O)[O-])cc1)N1CCC2(CC1)CC(c1noc(-c3ccc(C(F)(F)F)cc3)n1)C2. The molecule has 188 valence electrons. The quantitative estimate of drug-likeness (QED) is 0.326. The first-order valence-electron chi connectivity index (χ1n) is 11.3. The number of halogens is 3. The Morgan fingerprint density at radius 1 is 1.08 bits per heavy atom. The molecule has 0 N–H and O–H groups in total. The van der Waals surface area contributed by atoms with Crippen molar-refractivity contribution in [2.75, 3.05) is 13.1 Å². The van der Waals surface area contributed by atoms with Gasteiger partial charge in [-0.05, 0) is 67.5 Å². The Kier molecular flexibility index (Phi) is 5.89. The number of carbonyl (C=O) groups is 1. The first-order chi connectivity index (χ1) is 17.1. The van der Waals surface area contributed by atoms with Crippen molar-refractivity contribution in [3.63, 3.8) is 0 Å². The number of nitrogens with zero attached hydrogens (tertiary/aromatic N) is 4. The highest BCUT2D eigenvalue weighted by Crippen LogP contribution is 2.56. The smallest absolute Gasteiger partial charge is 0.410 e. The number of nitro groups is 1. The molecule has 1 spiro atoms. The third-order valence-electron chi connectivity index (χ3n) is 6.96. The van der Waals surface area contributed by atoms with Gasteiger partial charge in [0.25, 0.3) is 11.6 Å². The summed E-state index contributed by atoms with van der Waals surface area (Å²) < 4.78 is 48.9. The average molecular weight is 502 g/mol. The van der Waals surface area contributed by atoms with Gasteiger partial charge in [-0.15, -0.1) is 0 Å². The minimum absolute atomic E-state index is 0.0734. The van der Waals surface area contributed by atoms with Gasteiger partial charge in [0.1, 0.15) is 5.75 Å². The number of hydrogen-bond donors (Lipinski definition) is 0. The molecule has 1 saturated carbocycles. The molecule has 1 saturated heterocycles. The van der Waals surface area contributed by atoms with Gasteiger partial charge in [0.15, 0.2) is 5.82 Å². The lowest BCUT2D eigenvalue weighted by molar-refractivity contribution is -0.384. The second-order valence-corrected chi connectivity index (χ2v) is 9.24. The number of likely N-dealkylation sites (tertiary alicyclic amines) is 1. The monoisotopic (exact) mass is 502 g/mol. The fraction of sp³-hybridized carbons (Fsp3) is 0.375. The first kappa shape index (κ1) is 23.8. The molecule has 5 rings (SSSR count). The number of ether oxygens (including phenoxy) is 1. The van der Waals surface area contributed by atoms with Crippen LogP contribution in [0.15, 0.2) is 53.1 Å². The zero-order chi connectivity index (χ0) is 25.5. The zero-order valence-electron chi connectivity index (χ0n) is 18.9. The van der Waals surface area contributed by atoms with Crippen LogP contribution < -0.4 is 4.74 Å². The number of aromatic nitrogens is 2. The second-order valence-electron chi connectivity index (χ2n) is 9.24. The van der Waals surface area contributed by atoms with E-state index in [4.69, 9.17) is 9.26 Å². The minimum atomic E-state index is -4.41. The predicted molar refractivity (Wildman–Crippen MR) is 119 cm³/mol. The highest BCUT2D eigenvalue weighted by molar-refractivity contribution is 5.71. The molecular formula is C24H21F3N4O5. The van der Waals surface area contributed by atoms with E-state index in [0.717, 1.165) is 37.8 Å². The molecule has 36 heavy (non-hydrogen) atoms. The number of benzene rings is 2. The van der Waals surface area contributed by atoms with Crippen molar-refractivity contribution in [3.05, 3.63) is 70.0 Å². The fourth-order valence-electron chi connectivity index (χ4n) is 4.86. The van der Waals surface area contributed by atoms with E-state index in [1.807, 2.05) is 0 Å². The second kappa shape index (κ2) is 8.92. The molecule has 12 heteroatoms. The highest BCUT2D eigenvalue weighted by Gasteiger charge is 2.48. The standard InChI is InChI=1S/C24H21F3N4O5/c25-24(26,27)17-3-1-15(2-4-17)21-28-20(29-36-21)16-13-23(14-16)9-11-30(12-10-23)22(32)35-19-7-5-18(6-8-19)31(33)34/h1-8,16H,9-14H2. The van der Waals surface area contributed by atoms with Crippen molar-refractivity contribution < 1.29 is 32.1 Å². The van der Waals surface area contributed by atoms with Crippen LogP contribution in [0.25, 0.3) is 11.5 Å². The summed E-state index contributed by atoms with van der Waals surface area (Å²) in [5.41, 5.74) is -0.322. The van der Waals surface area contributed by atoms with E-state index in [0.29, 0.717) is 24.5 Å².